The Kier molecular flexibility index (Phi) is 2.89. The number of ether oxygens (including phenoxy) is 2. The van der Waals surface area contributed by atoms with E-state index in [9.17, 15) is 4.79 Å². The smallest absolute Gasteiger partial charge is 0.295 e. The fourth-order valence-electron chi connectivity index (χ4n) is 2.46. The zero-order valence-corrected chi connectivity index (χ0v) is 11.9. The molecular weight excluding hydrogens is 288 g/mol. The summed E-state index contributed by atoms with van der Waals surface area (Å²) >= 11 is 1.50. The maximum absolute atomic E-state index is 12.0. The van der Waals surface area contributed by atoms with Crippen LogP contribution in [-0.4, -0.2) is 24.1 Å². The van der Waals surface area contributed by atoms with E-state index in [4.69, 9.17) is 9.47 Å². The third-order valence-electron chi connectivity index (χ3n) is 3.41. The summed E-state index contributed by atoms with van der Waals surface area (Å²) in [7, 11) is 0. The van der Waals surface area contributed by atoms with Crippen LogP contribution in [-0.2, 0) is 20.7 Å². The molecule has 0 saturated heterocycles. The molecule has 6 heteroatoms. The van der Waals surface area contributed by atoms with Crippen molar-refractivity contribution in [2.45, 2.75) is 6.42 Å². The van der Waals surface area contributed by atoms with Crippen molar-refractivity contribution in [1.29, 1.82) is 0 Å². The summed E-state index contributed by atoms with van der Waals surface area (Å²) in [6.07, 6.45) is 2.22. The van der Waals surface area contributed by atoms with E-state index in [1.54, 1.807) is 0 Å². The standard InChI is InChI=1S/C15H12N2O3S/c18-14(11-8-19-5-6-20-11)17-15-16-13-10-4-2-1-3-9(10)7-12(13)21-15/h1-4,8H,5-7H2,(H,16,17,18). The van der Waals surface area contributed by atoms with E-state index < -0.39 is 0 Å². The highest BCUT2D eigenvalue weighted by Gasteiger charge is 2.24. The van der Waals surface area contributed by atoms with Crippen molar-refractivity contribution in [2.75, 3.05) is 18.5 Å². The highest BCUT2D eigenvalue weighted by atomic mass is 32.1. The van der Waals surface area contributed by atoms with Gasteiger partial charge in [0.15, 0.2) is 5.13 Å². The lowest BCUT2D eigenvalue weighted by atomic mass is 10.1. The Morgan fingerprint density at radius 2 is 2.19 bits per heavy atom. The summed E-state index contributed by atoms with van der Waals surface area (Å²) in [5, 5.41) is 3.36. The molecular formula is C15H12N2O3S. The lowest BCUT2D eigenvalue weighted by Crippen LogP contribution is -2.21. The van der Waals surface area contributed by atoms with Crippen LogP contribution in [0.4, 0.5) is 5.13 Å². The number of nitrogens with one attached hydrogen (secondary N) is 1. The lowest BCUT2D eigenvalue weighted by molar-refractivity contribution is -0.117. The van der Waals surface area contributed by atoms with Crippen LogP contribution in [0.25, 0.3) is 11.3 Å². The number of carbonyl (C=O) groups is 1. The summed E-state index contributed by atoms with van der Waals surface area (Å²) in [6, 6.07) is 8.21. The van der Waals surface area contributed by atoms with Crippen molar-refractivity contribution >= 4 is 22.4 Å². The van der Waals surface area contributed by atoms with Crippen molar-refractivity contribution in [3.63, 3.8) is 0 Å². The maximum atomic E-state index is 12.0. The Balaban J connectivity index is 1.57. The Hall–Kier alpha value is -2.34. The molecule has 5 nitrogen and oxygen atoms in total. The van der Waals surface area contributed by atoms with Gasteiger partial charge in [-0.3, -0.25) is 10.1 Å². The van der Waals surface area contributed by atoms with Gasteiger partial charge in [-0.15, -0.1) is 11.3 Å². The van der Waals surface area contributed by atoms with E-state index in [0.29, 0.717) is 18.3 Å². The van der Waals surface area contributed by atoms with Crippen LogP contribution in [0.3, 0.4) is 0 Å². The van der Waals surface area contributed by atoms with Crippen LogP contribution in [0.15, 0.2) is 36.3 Å². The van der Waals surface area contributed by atoms with Gasteiger partial charge < -0.3 is 9.47 Å². The number of fused-ring (bicyclic) bond motifs is 3. The first-order chi connectivity index (χ1) is 10.3. The number of rotatable bonds is 2. The van der Waals surface area contributed by atoms with E-state index in [1.807, 2.05) is 12.1 Å². The molecule has 4 rings (SSSR count). The third kappa shape index (κ3) is 2.17. The first-order valence-corrected chi connectivity index (χ1v) is 7.47. The number of aromatic nitrogens is 1. The van der Waals surface area contributed by atoms with Gasteiger partial charge >= 0.3 is 0 Å². The maximum Gasteiger partial charge on any atom is 0.295 e. The van der Waals surface area contributed by atoms with Crippen LogP contribution in [0, 0.1) is 0 Å². The third-order valence-corrected chi connectivity index (χ3v) is 4.38. The summed E-state index contributed by atoms with van der Waals surface area (Å²) in [5.74, 6) is -0.132. The predicted molar refractivity (Wildman–Crippen MR) is 79.0 cm³/mol. The van der Waals surface area contributed by atoms with E-state index in [1.165, 1.54) is 28.0 Å². The number of thiazole rings is 1. The monoisotopic (exact) mass is 300 g/mol. The van der Waals surface area contributed by atoms with Gasteiger partial charge in [-0.05, 0) is 5.56 Å². The van der Waals surface area contributed by atoms with Crippen molar-refractivity contribution in [3.8, 4) is 11.3 Å². The highest BCUT2D eigenvalue weighted by molar-refractivity contribution is 7.16. The first kappa shape index (κ1) is 12.4. The average molecular weight is 300 g/mol. The molecule has 2 heterocycles. The molecule has 0 atom stereocenters. The van der Waals surface area contributed by atoms with Gasteiger partial charge in [-0.25, -0.2) is 4.98 Å². The van der Waals surface area contributed by atoms with Crippen molar-refractivity contribution in [1.82, 2.24) is 4.98 Å². The molecule has 1 aliphatic carbocycles. The quantitative estimate of drug-likeness (QED) is 0.790. The highest BCUT2D eigenvalue weighted by Crippen LogP contribution is 2.40. The minimum Gasteiger partial charge on any atom is -0.494 e. The van der Waals surface area contributed by atoms with E-state index in [-0.39, 0.29) is 11.7 Å². The Morgan fingerprint density at radius 3 is 3.05 bits per heavy atom. The van der Waals surface area contributed by atoms with E-state index in [2.05, 4.69) is 22.4 Å². The number of hydrogen-bond donors (Lipinski definition) is 1. The van der Waals surface area contributed by atoms with Gasteiger partial charge in [-0.1, -0.05) is 24.3 Å². The molecule has 1 aliphatic heterocycles. The van der Waals surface area contributed by atoms with Crippen LogP contribution < -0.4 is 5.32 Å². The molecule has 21 heavy (non-hydrogen) atoms. The van der Waals surface area contributed by atoms with E-state index >= 15 is 0 Å². The number of nitrogens with zero attached hydrogens (tertiary/aromatic N) is 1. The fourth-order valence-corrected chi connectivity index (χ4v) is 3.45. The molecule has 0 spiro atoms. The molecule has 0 saturated carbocycles. The largest absolute Gasteiger partial charge is 0.494 e. The van der Waals surface area contributed by atoms with Gasteiger partial charge in [0.1, 0.15) is 19.5 Å². The van der Waals surface area contributed by atoms with Crippen molar-refractivity contribution in [2.24, 2.45) is 0 Å². The van der Waals surface area contributed by atoms with E-state index in [0.717, 1.165) is 17.7 Å². The molecule has 0 fully saturated rings. The summed E-state index contributed by atoms with van der Waals surface area (Å²) < 4.78 is 10.3. The second kappa shape index (κ2) is 4.89. The van der Waals surface area contributed by atoms with Crippen LogP contribution in [0.2, 0.25) is 0 Å². The molecule has 2 aromatic rings. The molecule has 106 valence electrons. The molecule has 1 aromatic heterocycles. The molecule has 0 radical (unpaired) electrons. The number of hydrogen-bond acceptors (Lipinski definition) is 5. The van der Waals surface area contributed by atoms with Crippen LogP contribution >= 0.6 is 11.3 Å². The molecule has 1 N–H and O–H groups in total. The number of carbonyl (C=O) groups excluding carboxylic acids is 1. The minimum absolute atomic E-state index is 0.192. The second-order valence-corrected chi connectivity index (χ2v) is 5.86. The van der Waals surface area contributed by atoms with Gasteiger partial charge in [0.05, 0.1) is 5.69 Å². The SMILES string of the molecule is O=C(Nc1nc2c(s1)Cc1ccccc1-2)C1=COCCO1. The topological polar surface area (TPSA) is 60.5 Å². The zero-order valence-electron chi connectivity index (χ0n) is 11.1. The number of amides is 1. The van der Waals surface area contributed by atoms with Crippen molar-refractivity contribution < 1.29 is 14.3 Å². The first-order valence-electron chi connectivity index (χ1n) is 6.65. The number of anilines is 1. The zero-order chi connectivity index (χ0) is 14.2. The molecule has 0 bridgehead atoms. The minimum atomic E-state index is -0.324. The predicted octanol–water partition coefficient (Wildman–Crippen LogP) is 2.54. The summed E-state index contributed by atoms with van der Waals surface area (Å²) in [4.78, 5) is 17.7. The average Bonchev–Trinajstić information content (AvgIpc) is 3.05. The second-order valence-electron chi connectivity index (χ2n) is 4.78. The van der Waals surface area contributed by atoms with Crippen LogP contribution in [0.1, 0.15) is 10.4 Å². The van der Waals surface area contributed by atoms with Gasteiger partial charge in [0.25, 0.3) is 5.91 Å². The Morgan fingerprint density at radius 1 is 1.29 bits per heavy atom. The van der Waals surface area contributed by atoms with Crippen LogP contribution in [0.5, 0.6) is 0 Å². The Labute approximate surface area is 125 Å². The molecule has 0 unspecified atom stereocenters. The molecule has 1 amide bonds. The lowest BCUT2D eigenvalue weighted by Gasteiger charge is -2.14. The van der Waals surface area contributed by atoms with Crippen molar-refractivity contribution in [3.05, 3.63) is 46.7 Å². The summed E-state index contributed by atoms with van der Waals surface area (Å²) in [5.41, 5.74) is 3.41. The summed E-state index contributed by atoms with van der Waals surface area (Å²) in [6.45, 7) is 0.861. The molecule has 1 aromatic carbocycles. The van der Waals surface area contributed by atoms with Gasteiger partial charge in [0, 0.05) is 16.9 Å². The Bertz CT molecular complexity index is 751. The molecule has 2 aliphatic rings. The normalized spacial score (nSPS) is 15.3. The number of benzene rings is 1. The fraction of sp³-hybridized carbons (Fsp3) is 0.200. The van der Waals surface area contributed by atoms with Gasteiger partial charge in [-0.2, -0.15) is 0 Å². The van der Waals surface area contributed by atoms with Gasteiger partial charge in [0.2, 0.25) is 5.76 Å².